The third-order valence-electron chi connectivity index (χ3n) is 4.34. The van der Waals surface area contributed by atoms with E-state index in [0.29, 0.717) is 18.3 Å². The van der Waals surface area contributed by atoms with E-state index in [1.807, 2.05) is 18.2 Å². The van der Waals surface area contributed by atoms with Crippen molar-refractivity contribution in [2.45, 2.75) is 32.6 Å². The summed E-state index contributed by atoms with van der Waals surface area (Å²) in [4.78, 5) is 16.2. The number of carbonyl (C=O) groups excluding carboxylic acids is 1. The van der Waals surface area contributed by atoms with Gasteiger partial charge in [0.15, 0.2) is 0 Å². The van der Waals surface area contributed by atoms with Gasteiger partial charge in [-0.2, -0.15) is 0 Å². The average Bonchev–Trinajstić information content (AvgIpc) is 2.56. The molecule has 0 bridgehead atoms. The van der Waals surface area contributed by atoms with Crippen molar-refractivity contribution in [1.82, 2.24) is 15.6 Å². The van der Waals surface area contributed by atoms with Crippen LogP contribution in [0.1, 0.15) is 32.6 Å². The van der Waals surface area contributed by atoms with Crippen molar-refractivity contribution in [1.29, 1.82) is 0 Å². The van der Waals surface area contributed by atoms with E-state index in [0.717, 1.165) is 38.4 Å². The summed E-state index contributed by atoms with van der Waals surface area (Å²) in [7, 11) is 0. The number of pyridine rings is 1. The summed E-state index contributed by atoms with van der Waals surface area (Å²) in [6.07, 6.45) is 5.72. The molecule has 0 saturated carbocycles. The van der Waals surface area contributed by atoms with E-state index in [1.165, 1.54) is 12.8 Å². The Kier molecular flexibility index (Phi) is 7.16. The van der Waals surface area contributed by atoms with Crippen LogP contribution in [0.25, 0.3) is 0 Å². The van der Waals surface area contributed by atoms with Gasteiger partial charge in [-0.15, -0.1) is 0 Å². The molecule has 1 aliphatic rings. The molecule has 1 aliphatic heterocycles. The molecule has 0 radical (unpaired) electrons. The topological polar surface area (TPSA) is 66.0 Å². The lowest BCUT2D eigenvalue weighted by Gasteiger charge is -2.27. The number of amides is 1. The zero-order chi connectivity index (χ0) is 15.6. The van der Waals surface area contributed by atoms with E-state index in [1.54, 1.807) is 6.20 Å². The number of nitrogens with zero attached hydrogens (tertiary/aromatic N) is 1. The van der Waals surface area contributed by atoms with Crippen LogP contribution in [0.15, 0.2) is 24.4 Å². The Morgan fingerprint density at radius 2 is 2.18 bits per heavy atom. The van der Waals surface area contributed by atoms with Crippen LogP contribution in [0, 0.1) is 11.8 Å². The molecule has 1 atom stereocenters. The molecule has 2 heterocycles. The van der Waals surface area contributed by atoms with Gasteiger partial charge in [0, 0.05) is 25.7 Å². The van der Waals surface area contributed by atoms with Gasteiger partial charge in [-0.3, -0.25) is 4.79 Å². The number of piperidine rings is 1. The molecule has 5 nitrogen and oxygen atoms in total. The van der Waals surface area contributed by atoms with Crippen LogP contribution < -0.4 is 16.0 Å². The standard InChI is InChI=1S/C17H28N4O/c1-14(15-6-11-18-12-7-15)13-17(22)21-10-4-9-20-16-5-2-3-8-19-16/h2-3,5,8,14-15,18H,4,6-7,9-13H2,1H3,(H,19,20)(H,21,22). The van der Waals surface area contributed by atoms with E-state index in [-0.39, 0.29) is 5.91 Å². The summed E-state index contributed by atoms with van der Waals surface area (Å²) in [5.41, 5.74) is 0. The van der Waals surface area contributed by atoms with Crippen molar-refractivity contribution in [3.05, 3.63) is 24.4 Å². The normalized spacial score (nSPS) is 17.0. The molecule has 0 aliphatic carbocycles. The Hall–Kier alpha value is -1.62. The summed E-state index contributed by atoms with van der Waals surface area (Å²) in [5.74, 6) is 2.24. The van der Waals surface area contributed by atoms with Crippen molar-refractivity contribution in [3.8, 4) is 0 Å². The van der Waals surface area contributed by atoms with Crippen molar-refractivity contribution in [3.63, 3.8) is 0 Å². The maximum Gasteiger partial charge on any atom is 0.220 e. The number of hydrogen-bond donors (Lipinski definition) is 3. The third kappa shape index (κ3) is 6.02. The lowest BCUT2D eigenvalue weighted by atomic mass is 9.84. The second-order valence-electron chi connectivity index (χ2n) is 6.11. The van der Waals surface area contributed by atoms with Crippen LogP contribution >= 0.6 is 0 Å². The van der Waals surface area contributed by atoms with Gasteiger partial charge in [-0.05, 0) is 56.3 Å². The van der Waals surface area contributed by atoms with E-state index in [9.17, 15) is 4.79 Å². The highest BCUT2D eigenvalue weighted by Gasteiger charge is 2.21. The van der Waals surface area contributed by atoms with E-state index in [2.05, 4.69) is 27.9 Å². The first-order valence-electron chi connectivity index (χ1n) is 8.38. The second-order valence-corrected chi connectivity index (χ2v) is 6.11. The first kappa shape index (κ1) is 16.7. The van der Waals surface area contributed by atoms with Gasteiger partial charge >= 0.3 is 0 Å². The molecule has 3 N–H and O–H groups in total. The molecule has 1 saturated heterocycles. The van der Waals surface area contributed by atoms with Crippen LogP contribution in [0.5, 0.6) is 0 Å². The summed E-state index contributed by atoms with van der Waals surface area (Å²) in [5, 5.41) is 9.64. The predicted molar refractivity (Wildman–Crippen MR) is 89.7 cm³/mol. The number of anilines is 1. The van der Waals surface area contributed by atoms with Crippen molar-refractivity contribution >= 4 is 11.7 Å². The monoisotopic (exact) mass is 304 g/mol. The van der Waals surface area contributed by atoms with Crippen LogP contribution in [0.3, 0.4) is 0 Å². The maximum absolute atomic E-state index is 12.0. The molecular weight excluding hydrogens is 276 g/mol. The summed E-state index contributed by atoms with van der Waals surface area (Å²) in [6.45, 7) is 5.93. The van der Waals surface area contributed by atoms with Gasteiger partial charge in [0.1, 0.15) is 5.82 Å². The second kappa shape index (κ2) is 9.41. The van der Waals surface area contributed by atoms with Gasteiger partial charge in [0.2, 0.25) is 5.91 Å². The molecule has 1 aromatic heterocycles. The largest absolute Gasteiger partial charge is 0.370 e. The molecule has 122 valence electrons. The number of hydrogen-bond acceptors (Lipinski definition) is 4. The number of nitrogens with one attached hydrogen (secondary N) is 3. The Labute approximate surface area is 133 Å². The Bertz CT molecular complexity index is 432. The molecule has 22 heavy (non-hydrogen) atoms. The van der Waals surface area contributed by atoms with Crippen LogP contribution in [-0.4, -0.2) is 37.1 Å². The molecule has 1 fully saturated rings. The maximum atomic E-state index is 12.0. The van der Waals surface area contributed by atoms with Gasteiger partial charge in [-0.1, -0.05) is 13.0 Å². The molecular formula is C17H28N4O. The summed E-state index contributed by atoms with van der Waals surface area (Å²) >= 11 is 0. The Morgan fingerprint density at radius 1 is 1.36 bits per heavy atom. The van der Waals surface area contributed by atoms with Crippen LogP contribution in [-0.2, 0) is 4.79 Å². The molecule has 2 rings (SSSR count). The minimum atomic E-state index is 0.184. The molecule has 0 aromatic carbocycles. The number of carbonyl (C=O) groups is 1. The van der Waals surface area contributed by atoms with Crippen molar-refractivity contribution in [2.75, 3.05) is 31.5 Å². The van der Waals surface area contributed by atoms with Crippen molar-refractivity contribution in [2.24, 2.45) is 11.8 Å². The SMILES string of the molecule is CC(CC(=O)NCCCNc1ccccn1)C1CCNCC1. The number of rotatable bonds is 8. The fraction of sp³-hybridized carbons (Fsp3) is 0.647. The molecule has 1 unspecified atom stereocenters. The van der Waals surface area contributed by atoms with Crippen LogP contribution in [0.4, 0.5) is 5.82 Å². The van der Waals surface area contributed by atoms with E-state index in [4.69, 9.17) is 0 Å². The lowest BCUT2D eigenvalue weighted by molar-refractivity contribution is -0.122. The van der Waals surface area contributed by atoms with Crippen LogP contribution in [0.2, 0.25) is 0 Å². The quantitative estimate of drug-likeness (QED) is 0.643. The molecule has 5 heteroatoms. The minimum Gasteiger partial charge on any atom is -0.370 e. The Morgan fingerprint density at radius 3 is 2.91 bits per heavy atom. The fourth-order valence-electron chi connectivity index (χ4n) is 2.94. The third-order valence-corrected chi connectivity index (χ3v) is 4.34. The first-order valence-corrected chi connectivity index (χ1v) is 8.38. The smallest absolute Gasteiger partial charge is 0.220 e. The fourth-order valence-corrected chi connectivity index (χ4v) is 2.94. The Balaban J connectivity index is 1.53. The summed E-state index contributed by atoms with van der Waals surface area (Å²) < 4.78 is 0. The van der Waals surface area contributed by atoms with E-state index < -0.39 is 0 Å². The highest BCUT2D eigenvalue weighted by Crippen LogP contribution is 2.23. The highest BCUT2D eigenvalue weighted by molar-refractivity contribution is 5.76. The predicted octanol–water partition coefficient (Wildman–Crippen LogP) is 2.03. The lowest BCUT2D eigenvalue weighted by Crippen LogP contribution is -2.34. The van der Waals surface area contributed by atoms with Gasteiger partial charge in [-0.25, -0.2) is 4.98 Å². The molecule has 1 amide bonds. The first-order chi connectivity index (χ1) is 10.8. The van der Waals surface area contributed by atoms with Gasteiger partial charge < -0.3 is 16.0 Å². The highest BCUT2D eigenvalue weighted by atomic mass is 16.1. The zero-order valence-electron chi connectivity index (χ0n) is 13.5. The van der Waals surface area contributed by atoms with Gasteiger partial charge in [0.25, 0.3) is 0 Å². The van der Waals surface area contributed by atoms with Crippen molar-refractivity contribution < 1.29 is 4.79 Å². The molecule has 1 aromatic rings. The molecule has 0 spiro atoms. The van der Waals surface area contributed by atoms with E-state index >= 15 is 0 Å². The number of aromatic nitrogens is 1. The summed E-state index contributed by atoms with van der Waals surface area (Å²) in [6, 6.07) is 5.80. The average molecular weight is 304 g/mol. The minimum absolute atomic E-state index is 0.184. The zero-order valence-corrected chi connectivity index (χ0v) is 13.5. The van der Waals surface area contributed by atoms with Gasteiger partial charge in [0.05, 0.1) is 0 Å².